The molecule has 1 atom stereocenters. The molecule has 0 aliphatic carbocycles. The summed E-state index contributed by atoms with van der Waals surface area (Å²) in [5.41, 5.74) is 0.760. The molecule has 4 heteroatoms. The standard InChI is InChI=1S/C12H14O4/c1-8(11(13)12(14)16-3)9-4-6-10(15-2)7-5-9/h4-8H,1-3H3. The second kappa shape index (κ2) is 5.30. The highest BCUT2D eigenvalue weighted by molar-refractivity contribution is 6.35. The van der Waals surface area contributed by atoms with Gasteiger partial charge in [-0.2, -0.15) is 0 Å². The van der Waals surface area contributed by atoms with Gasteiger partial charge in [-0.3, -0.25) is 4.79 Å². The Balaban J connectivity index is 2.83. The molecule has 1 aromatic rings. The number of hydrogen-bond acceptors (Lipinski definition) is 4. The van der Waals surface area contributed by atoms with Crippen LogP contribution in [-0.4, -0.2) is 26.0 Å². The zero-order valence-corrected chi connectivity index (χ0v) is 9.52. The van der Waals surface area contributed by atoms with Crippen molar-refractivity contribution in [3.05, 3.63) is 29.8 Å². The minimum atomic E-state index is -0.816. The van der Waals surface area contributed by atoms with Gasteiger partial charge in [0.1, 0.15) is 5.75 Å². The number of carbonyl (C=O) groups excluding carboxylic acids is 2. The van der Waals surface area contributed by atoms with Crippen LogP contribution < -0.4 is 4.74 Å². The molecule has 1 aromatic carbocycles. The van der Waals surface area contributed by atoms with Crippen molar-refractivity contribution in [3.63, 3.8) is 0 Å². The average Bonchev–Trinajstić information content (AvgIpc) is 2.36. The number of benzene rings is 1. The van der Waals surface area contributed by atoms with Gasteiger partial charge < -0.3 is 9.47 Å². The Morgan fingerprint density at radius 3 is 2.12 bits per heavy atom. The van der Waals surface area contributed by atoms with E-state index in [1.807, 2.05) is 0 Å². The molecule has 0 aliphatic rings. The van der Waals surface area contributed by atoms with E-state index in [0.717, 1.165) is 5.56 Å². The fraction of sp³-hybridized carbons (Fsp3) is 0.333. The Morgan fingerprint density at radius 2 is 1.69 bits per heavy atom. The third-order valence-electron chi connectivity index (χ3n) is 2.40. The molecule has 0 amide bonds. The van der Waals surface area contributed by atoms with Crippen molar-refractivity contribution in [2.24, 2.45) is 0 Å². The monoisotopic (exact) mass is 222 g/mol. The zero-order valence-electron chi connectivity index (χ0n) is 9.52. The van der Waals surface area contributed by atoms with Gasteiger partial charge in [0.05, 0.1) is 20.1 Å². The molecule has 1 unspecified atom stereocenters. The Kier molecular flexibility index (Phi) is 4.05. The van der Waals surface area contributed by atoms with Crippen molar-refractivity contribution in [1.82, 2.24) is 0 Å². The number of rotatable bonds is 4. The highest BCUT2D eigenvalue weighted by atomic mass is 16.5. The molecule has 0 saturated heterocycles. The van der Waals surface area contributed by atoms with Crippen LogP contribution in [0.2, 0.25) is 0 Å². The van der Waals surface area contributed by atoms with Crippen LogP contribution in [0.3, 0.4) is 0 Å². The minimum Gasteiger partial charge on any atom is -0.497 e. The van der Waals surface area contributed by atoms with E-state index in [-0.39, 0.29) is 0 Å². The predicted octanol–water partition coefficient (Wildman–Crippen LogP) is 1.54. The molecular weight excluding hydrogens is 208 g/mol. The maximum Gasteiger partial charge on any atom is 0.374 e. The second-order valence-electron chi connectivity index (χ2n) is 3.35. The molecule has 0 fully saturated rings. The third kappa shape index (κ3) is 2.59. The Morgan fingerprint density at radius 1 is 1.12 bits per heavy atom. The largest absolute Gasteiger partial charge is 0.497 e. The van der Waals surface area contributed by atoms with Gasteiger partial charge in [0.15, 0.2) is 0 Å². The van der Waals surface area contributed by atoms with E-state index < -0.39 is 17.7 Å². The zero-order chi connectivity index (χ0) is 12.1. The van der Waals surface area contributed by atoms with Gasteiger partial charge in [-0.15, -0.1) is 0 Å². The van der Waals surface area contributed by atoms with Gasteiger partial charge in [0, 0.05) is 0 Å². The summed E-state index contributed by atoms with van der Waals surface area (Å²) in [7, 11) is 2.76. The summed E-state index contributed by atoms with van der Waals surface area (Å²) in [6.07, 6.45) is 0. The molecule has 0 bridgehead atoms. The van der Waals surface area contributed by atoms with Gasteiger partial charge in [-0.05, 0) is 17.7 Å². The molecule has 0 radical (unpaired) electrons. The van der Waals surface area contributed by atoms with Crippen LogP contribution >= 0.6 is 0 Å². The average molecular weight is 222 g/mol. The maximum absolute atomic E-state index is 11.5. The minimum absolute atomic E-state index is 0.502. The summed E-state index contributed by atoms with van der Waals surface area (Å²) in [6.45, 7) is 1.67. The predicted molar refractivity (Wildman–Crippen MR) is 58.4 cm³/mol. The summed E-state index contributed by atoms with van der Waals surface area (Å²) in [6, 6.07) is 7.00. The van der Waals surface area contributed by atoms with Crippen LogP contribution in [0, 0.1) is 0 Å². The maximum atomic E-state index is 11.5. The Bertz CT molecular complexity index is 381. The van der Waals surface area contributed by atoms with Gasteiger partial charge in [-0.1, -0.05) is 19.1 Å². The number of ketones is 1. The molecule has 0 aromatic heterocycles. The molecule has 16 heavy (non-hydrogen) atoms. The first-order valence-corrected chi connectivity index (χ1v) is 4.86. The lowest BCUT2D eigenvalue weighted by Crippen LogP contribution is -2.21. The SMILES string of the molecule is COC(=O)C(=O)C(C)c1ccc(OC)cc1. The molecular formula is C12H14O4. The van der Waals surface area contributed by atoms with Crippen LogP contribution in [0.25, 0.3) is 0 Å². The van der Waals surface area contributed by atoms with E-state index in [2.05, 4.69) is 4.74 Å². The first-order valence-electron chi connectivity index (χ1n) is 4.86. The van der Waals surface area contributed by atoms with Crippen LogP contribution in [0.1, 0.15) is 18.4 Å². The Hall–Kier alpha value is -1.84. The third-order valence-corrected chi connectivity index (χ3v) is 2.40. The van der Waals surface area contributed by atoms with Crippen molar-refractivity contribution < 1.29 is 19.1 Å². The second-order valence-corrected chi connectivity index (χ2v) is 3.35. The van der Waals surface area contributed by atoms with E-state index in [0.29, 0.717) is 5.75 Å². The first kappa shape index (κ1) is 12.2. The number of methoxy groups -OCH3 is 2. The van der Waals surface area contributed by atoms with Gasteiger partial charge in [0.25, 0.3) is 0 Å². The van der Waals surface area contributed by atoms with Crippen molar-refractivity contribution in [1.29, 1.82) is 0 Å². The molecule has 0 N–H and O–H groups in total. The van der Waals surface area contributed by atoms with Crippen LogP contribution in [0.5, 0.6) is 5.75 Å². The van der Waals surface area contributed by atoms with Crippen LogP contribution in [0.4, 0.5) is 0 Å². The molecule has 0 spiro atoms. The molecule has 1 rings (SSSR count). The van der Waals surface area contributed by atoms with Crippen molar-refractivity contribution in [2.45, 2.75) is 12.8 Å². The van der Waals surface area contributed by atoms with Crippen molar-refractivity contribution in [2.75, 3.05) is 14.2 Å². The number of esters is 1. The summed E-state index contributed by atoms with van der Waals surface area (Å²) < 4.78 is 9.39. The fourth-order valence-electron chi connectivity index (χ4n) is 1.32. The van der Waals surface area contributed by atoms with E-state index >= 15 is 0 Å². The van der Waals surface area contributed by atoms with Crippen LogP contribution in [-0.2, 0) is 14.3 Å². The lowest BCUT2D eigenvalue weighted by Gasteiger charge is -2.09. The summed E-state index contributed by atoms with van der Waals surface area (Å²) in [4.78, 5) is 22.6. The van der Waals surface area contributed by atoms with Gasteiger partial charge in [0.2, 0.25) is 5.78 Å². The first-order chi connectivity index (χ1) is 7.60. The number of Topliss-reactive ketones (excluding diaryl/α,β-unsaturated/α-hetero) is 1. The quantitative estimate of drug-likeness (QED) is 0.572. The molecule has 0 saturated carbocycles. The van der Waals surface area contributed by atoms with Crippen molar-refractivity contribution >= 4 is 11.8 Å². The van der Waals surface area contributed by atoms with E-state index in [1.165, 1.54) is 7.11 Å². The molecule has 4 nitrogen and oxygen atoms in total. The fourth-order valence-corrected chi connectivity index (χ4v) is 1.32. The van der Waals surface area contributed by atoms with E-state index in [1.54, 1.807) is 38.3 Å². The molecule has 86 valence electrons. The van der Waals surface area contributed by atoms with Gasteiger partial charge in [-0.25, -0.2) is 4.79 Å². The van der Waals surface area contributed by atoms with E-state index in [9.17, 15) is 9.59 Å². The highest BCUT2D eigenvalue weighted by Crippen LogP contribution is 2.20. The lowest BCUT2D eigenvalue weighted by atomic mass is 9.97. The summed E-state index contributed by atoms with van der Waals surface area (Å²) in [5, 5.41) is 0. The number of hydrogen-bond donors (Lipinski definition) is 0. The summed E-state index contributed by atoms with van der Waals surface area (Å²) >= 11 is 0. The smallest absolute Gasteiger partial charge is 0.374 e. The topological polar surface area (TPSA) is 52.6 Å². The normalized spacial score (nSPS) is 11.7. The van der Waals surface area contributed by atoms with Gasteiger partial charge >= 0.3 is 5.97 Å². The number of carbonyl (C=O) groups is 2. The van der Waals surface area contributed by atoms with E-state index in [4.69, 9.17) is 4.74 Å². The van der Waals surface area contributed by atoms with Crippen molar-refractivity contribution in [3.8, 4) is 5.75 Å². The Labute approximate surface area is 94.2 Å². The molecule has 0 heterocycles. The lowest BCUT2D eigenvalue weighted by molar-refractivity contribution is -0.152. The number of ether oxygens (including phenoxy) is 2. The molecule has 0 aliphatic heterocycles. The van der Waals surface area contributed by atoms with Crippen LogP contribution in [0.15, 0.2) is 24.3 Å². The highest BCUT2D eigenvalue weighted by Gasteiger charge is 2.23. The summed E-state index contributed by atoms with van der Waals surface area (Å²) in [5.74, 6) is -1.16.